The third-order valence-electron chi connectivity index (χ3n) is 3.94. The predicted molar refractivity (Wildman–Crippen MR) is 108 cm³/mol. The number of rotatable bonds is 10. The summed E-state index contributed by atoms with van der Waals surface area (Å²) in [6.07, 6.45) is 9.42. The van der Waals surface area contributed by atoms with Crippen molar-refractivity contribution in [3.8, 4) is 0 Å². The summed E-state index contributed by atoms with van der Waals surface area (Å²) in [7, 11) is 2.12. The quantitative estimate of drug-likeness (QED) is 0.193. The molecule has 0 spiro atoms. The maximum Gasteiger partial charge on any atom is 0.193 e. The summed E-state index contributed by atoms with van der Waals surface area (Å²) >= 11 is 0. The van der Waals surface area contributed by atoms with Crippen molar-refractivity contribution in [2.24, 2.45) is 4.99 Å². The average Bonchev–Trinajstić information content (AvgIpc) is 2.99. The van der Waals surface area contributed by atoms with Crippen LogP contribution in [0.3, 0.4) is 0 Å². The highest BCUT2D eigenvalue weighted by molar-refractivity contribution is 14.0. The molecule has 0 unspecified atom stereocenters. The van der Waals surface area contributed by atoms with Crippen molar-refractivity contribution in [3.63, 3.8) is 0 Å². The van der Waals surface area contributed by atoms with Gasteiger partial charge in [0.25, 0.3) is 0 Å². The molecule has 0 radical (unpaired) electrons. The molecule has 1 fully saturated rings. The summed E-state index contributed by atoms with van der Waals surface area (Å²) in [4.78, 5) is 9.55. The molecule has 0 aliphatic carbocycles. The average molecular weight is 422 g/mol. The van der Waals surface area contributed by atoms with E-state index in [-0.39, 0.29) is 24.0 Å². The largest absolute Gasteiger partial charge is 0.357 e. The molecule has 1 saturated heterocycles. The first-order chi connectivity index (χ1) is 10.3. The second-order valence-corrected chi connectivity index (χ2v) is 5.84. The molecule has 0 atom stereocenters. The van der Waals surface area contributed by atoms with Gasteiger partial charge >= 0.3 is 0 Å². The molecule has 0 aromatic carbocycles. The number of nitrogens with zero attached hydrogens (tertiary/aromatic N) is 3. The second kappa shape index (κ2) is 14.3. The van der Waals surface area contributed by atoms with E-state index in [0.29, 0.717) is 0 Å². The van der Waals surface area contributed by atoms with E-state index < -0.39 is 0 Å². The van der Waals surface area contributed by atoms with Gasteiger partial charge in [-0.3, -0.25) is 4.99 Å². The summed E-state index contributed by atoms with van der Waals surface area (Å²) in [5.41, 5.74) is 0. The van der Waals surface area contributed by atoms with Gasteiger partial charge in [-0.15, -0.1) is 30.6 Å². The minimum Gasteiger partial charge on any atom is -0.357 e. The molecule has 0 aromatic heterocycles. The normalized spacial score (nSPS) is 15.5. The van der Waals surface area contributed by atoms with Gasteiger partial charge < -0.3 is 15.1 Å². The van der Waals surface area contributed by atoms with Gasteiger partial charge in [0.1, 0.15) is 0 Å². The Kier molecular flexibility index (Phi) is 14.1. The van der Waals surface area contributed by atoms with Crippen LogP contribution in [0.15, 0.2) is 17.6 Å². The number of likely N-dealkylation sites (tertiary alicyclic amines) is 1. The van der Waals surface area contributed by atoms with Crippen LogP contribution in [0.4, 0.5) is 0 Å². The molecule has 0 bridgehead atoms. The van der Waals surface area contributed by atoms with Gasteiger partial charge in [0, 0.05) is 26.7 Å². The lowest BCUT2D eigenvalue weighted by Gasteiger charge is -2.21. The van der Waals surface area contributed by atoms with Gasteiger partial charge in [-0.05, 0) is 65.1 Å². The van der Waals surface area contributed by atoms with Crippen LogP contribution in [0.1, 0.15) is 45.4 Å². The number of aliphatic imine (C=N–C) groups is 1. The summed E-state index contributed by atoms with van der Waals surface area (Å²) < 4.78 is 0. The van der Waals surface area contributed by atoms with E-state index in [0.717, 1.165) is 38.4 Å². The van der Waals surface area contributed by atoms with Gasteiger partial charge in [0.2, 0.25) is 0 Å². The van der Waals surface area contributed by atoms with Crippen molar-refractivity contribution in [1.82, 2.24) is 15.1 Å². The molecular weight excluding hydrogens is 387 g/mol. The minimum absolute atomic E-state index is 0. The molecule has 22 heavy (non-hydrogen) atoms. The first kappa shape index (κ1) is 21.7. The molecule has 0 aromatic rings. The molecule has 1 N–H and O–H groups in total. The molecule has 5 heteroatoms. The standard InChI is InChI=1S/C17H34N4.HI/c1-4-6-8-13-20(3)17(18-5-2)19-12-7-9-14-21-15-10-11-16-21;/h4H,1,5-16H2,2-3H3,(H,18,19);1H. The molecule has 0 amide bonds. The van der Waals surface area contributed by atoms with Crippen LogP contribution in [0.5, 0.6) is 0 Å². The maximum atomic E-state index is 4.74. The van der Waals surface area contributed by atoms with Crippen LogP contribution >= 0.6 is 24.0 Å². The SMILES string of the molecule is C=CCCCN(C)C(=NCCCCN1CCCC1)NCC.I. The van der Waals surface area contributed by atoms with Crippen molar-refractivity contribution in [2.45, 2.75) is 45.4 Å². The molecule has 4 nitrogen and oxygen atoms in total. The Hall–Kier alpha value is -0.300. The topological polar surface area (TPSA) is 30.9 Å². The monoisotopic (exact) mass is 422 g/mol. The third-order valence-corrected chi connectivity index (χ3v) is 3.94. The number of guanidine groups is 1. The summed E-state index contributed by atoms with van der Waals surface area (Å²) in [5, 5.41) is 3.38. The van der Waals surface area contributed by atoms with Crippen LogP contribution in [0, 0.1) is 0 Å². The smallest absolute Gasteiger partial charge is 0.193 e. The molecule has 1 rings (SSSR count). The van der Waals surface area contributed by atoms with E-state index in [2.05, 4.69) is 35.7 Å². The fraction of sp³-hybridized carbons (Fsp3) is 0.824. The molecule has 1 heterocycles. The zero-order chi connectivity index (χ0) is 15.3. The van der Waals surface area contributed by atoms with Crippen LogP contribution in [-0.4, -0.2) is 62.1 Å². The highest BCUT2D eigenvalue weighted by Gasteiger charge is 2.10. The zero-order valence-corrected chi connectivity index (χ0v) is 16.8. The lowest BCUT2D eigenvalue weighted by molar-refractivity contribution is 0.331. The van der Waals surface area contributed by atoms with Crippen molar-refractivity contribution in [3.05, 3.63) is 12.7 Å². The van der Waals surface area contributed by atoms with Gasteiger partial charge in [0.15, 0.2) is 5.96 Å². The van der Waals surface area contributed by atoms with Gasteiger partial charge in [-0.2, -0.15) is 0 Å². The van der Waals surface area contributed by atoms with Gasteiger partial charge in [-0.1, -0.05) is 6.08 Å². The zero-order valence-electron chi connectivity index (χ0n) is 14.5. The van der Waals surface area contributed by atoms with Crippen LogP contribution in [-0.2, 0) is 0 Å². The number of halogens is 1. The molecule has 130 valence electrons. The number of unbranched alkanes of at least 4 members (excludes halogenated alkanes) is 2. The van der Waals surface area contributed by atoms with Gasteiger partial charge in [-0.25, -0.2) is 0 Å². The Morgan fingerprint density at radius 2 is 2.00 bits per heavy atom. The maximum absolute atomic E-state index is 4.74. The lowest BCUT2D eigenvalue weighted by atomic mass is 10.3. The first-order valence-corrected chi connectivity index (χ1v) is 8.60. The Labute approximate surface area is 154 Å². The van der Waals surface area contributed by atoms with E-state index in [9.17, 15) is 0 Å². The lowest BCUT2D eigenvalue weighted by Crippen LogP contribution is -2.39. The van der Waals surface area contributed by atoms with Crippen LogP contribution in [0.25, 0.3) is 0 Å². The highest BCUT2D eigenvalue weighted by atomic mass is 127. The first-order valence-electron chi connectivity index (χ1n) is 8.60. The Morgan fingerprint density at radius 3 is 2.64 bits per heavy atom. The number of hydrogen-bond acceptors (Lipinski definition) is 2. The second-order valence-electron chi connectivity index (χ2n) is 5.84. The van der Waals surface area contributed by atoms with Crippen molar-refractivity contribution in [2.75, 3.05) is 46.3 Å². The summed E-state index contributed by atoms with van der Waals surface area (Å²) in [6.45, 7) is 12.7. The van der Waals surface area contributed by atoms with E-state index in [1.165, 1.54) is 45.3 Å². The fourth-order valence-corrected chi connectivity index (χ4v) is 2.69. The molecule has 0 saturated carbocycles. The van der Waals surface area contributed by atoms with E-state index in [1.807, 2.05) is 6.08 Å². The Bertz CT molecular complexity index is 301. The molecular formula is C17H35IN4. The van der Waals surface area contributed by atoms with Gasteiger partial charge in [0.05, 0.1) is 0 Å². The predicted octanol–water partition coefficient (Wildman–Crippen LogP) is 3.34. The van der Waals surface area contributed by atoms with Crippen LogP contribution in [0.2, 0.25) is 0 Å². The summed E-state index contributed by atoms with van der Waals surface area (Å²) in [5.74, 6) is 1.04. The summed E-state index contributed by atoms with van der Waals surface area (Å²) in [6, 6.07) is 0. The number of allylic oxidation sites excluding steroid dienone is 1. The third kappa shape index (κ3) is 9.66. The molecule has 1 aliphatic rings. The van der Waals surface area contributed by atoms with Crippen LogP contribution < -0.4 is 5.32 Å². The molecule has 1 aliphatic heterocycles. The Balaban J connectivity index is 0.00000441. The minimum atomic E-state index is 0. The van der Waals surface area contributed by atoms with Crippen molar-refractivity contribution in [1.29, 1.82) is 0 Å². The van der Waals surface area contributed by atoms with Crippen molar-refractivity contribution < 1.29 is 0 Å². The van der Waals surface area contributed by atoms with E-state index >= 15 is 0 Å². The fourth-order valence-electron chi connectivity index (χ4n) is 2.69. The van der Waals surface area contributed by atoms with E-state index in [4.69, 9.17) is 4.99 Å². The number of nitrogens with one attached hydrogen (secondary N) is 1. The van der Waals surface area contributed by atoms with E-state index in [1.54, 1.807) is 0 Å². The van der Waals surface area contributed by atoms with Crippen molar-refractivity contribution >= 4 is 29.9 Å². The Morgan fingerprint density at radius 1 is 1.27 bits per heavy atom. The highest BCUT2D eigenvalue weighted by Crippen LogP contribution is 2.08. The number of hydrogen-bond donors (Lipinski definition) is 1.